The van der Waals surface area contributed by atoms with Gasteiger partial charge in [0.2, 0.25) is 5.91 Å². The number of hydrogen-bond acceptors (Lipinski definition) is 3. The Kier molecular flexibility index (Phi) is 5.21. The summed E-state index contributed by atoms with van der Waals surface area (Å²) in [4.78, 5) is 16.7. The van der Waals surface area contributed by atoms with E-state index in [0.29, 0.717) is 12.6 Å². The maximum atomic E-state index is 12.1. The lowest BCUT2D eigenvalue weighted by Gasteiger charge is -2.35. The third kappa shape index (κ3) is 4.14. The van der Waals surface area contributed by atoms with Crippen LogP contribution in [0.1, 0.15) is 25.7 Å². The molecule has 1 aliphatic heterocycles. The first-order valence-corrected chi connectivity index (χ1v) is 8.61. The molecule has 0 bridgehead atoms. The van der Waals surface area contributed by atoms with E-state index in [0.717, 1.165) is 44.0 Å². The van der Waals surface area contributed by atoms with E-state index in [2.05, 4.69) is 27.2 Å². The second kappa shape index (κ2) is 7.34. The molecule has 120 valence electrons. The van der Waals surface area contributed by atoms with Crippen LogP contribution in [0.2, 0.25) is 5.02 Å². The van der Waals surface area contributed by atoms with Gasteiger partial charge in [-0.2, -0.15) is 0 Å². The minimum atomic E-state index is 0.187. The lowest BCUT2D eigenvalue weighted by atomic mass is 10.2. The molecule has 2 aliphatic rings. The van der Waals surface area contributed by atoms with Crippen LogP contribution in [-0.2, 0) is 4.79 Å². The molecule has 0 radical (unpaired) electrons. The fourth-order valence-electron chi connectivity index (χ4n) is 3.36. The molecule has 1 aliphatic carbocycles. The number of halogens is 1. The Morgan fingerprint density at radius 2 is 1.73 bits per heavy atom. The van der Waals surface area contributed by atoms with E-state index in [1.54, 1.807) is 0 Å². The summed E-state index contributed by atoms with van der Waals surface area (Å²) < 4.78 is 0. The van der Waals surface area contributed by atoms with Crippen molar-refractivity contribution in [2.45, 2.75) is 31.7 Å². The number of carbonyl (C=O) groups is 1. The van der Waals surface area contributed by atoms with E-state index < -0.39 is 0 Å². The number of carbonyl (C=O) groups excluding carboxylic acids is 1. The number of benzene rings is 1. The van der Waals surface area contributed by atoms with Crippen LogP contribution in [0.3, 0.4) is 0 Å². The average Bonchev–Trinajstić information content (AvgIpc) is 3.02. The van der Waals surface area contributed by atoms with Gasteiger partial charge in [0, 0.05) is 42.9 Å². The maximum absolute atomic E-state index is 12.1. The van der Waals surface area contributed by atoms with Gasteiger partial charge in [-0.05, 0) is 37.1 Å². The summed E-state index contributed by atoms with van der Waals surface area (Å²) in [5.74, 6) is 0.187. The third-order valence-corrected chi connectivity index (χ3v) is 4.90. The van der Waals surface area contributed by atoms with Crippen LogP contribution in [0.15, 0.2) is 24.3 Å². The van der Waals surface area contributed by atoms with Gasteiger partial charge in [-0.3, -0.25) is 9.69 Å². The van der Waals surface area contributed by atoms with Gasteiger partial charge in [0.15, 0.2) is 0 Å². The van der Waals surface area contributed by atoms with Gasteiger partial charge >= 0.3 is 0 Å². The van der Waals surface area contributed by atoms with Gasteiger partial charge < -0.3 is 10.2 Å². The fourth-order valence-corrected chi connectivity index (χ4v) is 3.49. The first-order chi connectivity index (χ1) is 10.7. The number of nitrogens with zero attached hydrogens (tertiary/aromatic N) is 2. The Morgan fingerprint density at radius 1 is 1.09 bits per heavy atom. The van der Waals surface area contributed by atoms with Crippen molar-refractivity contribution < 1.29 is 4.79 Å². The molecule has 1 aromatic carbocycles. The van der Waals surface area contributed by atoms with Crippen LogP contribution in [0, 0.1) is 0 Å². The third-order valence-electron chi connectivity index (χ3n) is 4.65. The monoisotopic (exact) mass is 321 g/mol. The summed E-state index contributed by atoms with van der Waals surface area (Å²) >= 11 is 5.93. The quantitative estimate of drug-likeness (QED) is 0.925. The highest BCUT2D eigenvalue weighted by Crippen LogP contribution is 2.20. The molecule has 1 aromatic rings. The second-order valence-corrected chi connectivity index (χ2v) is 6.72. The molecular weight excluding hydrogens is 298 g/mol. The smallest absolute Gasteiger partial charge is 0.234 e. The van der Waals surface area contributed by atoms with Crippen LogP contribution < -0.4 is 10.2 Å². The van der Waals surface area contributed by atoms with Crippen molar-refractivity contribution in [2.75, 3.05) is 37.6 Å². The standard InChI is InChI=1S/C17H24ClN3O/c18-14-5-7-16(8-6-14)21-11-9-20(10-12-21)13-17(22)19-15-3-1-2-4-15/h5-8,15H,1-4,9-13H2,(H,19,22). The van der Waals surface area contributed by atoms with E-state index in [1.807, 2.05) is 12.1 Å². The number of nitrogens with one attached hydrogen (secondary N) is 1. The summed E-state index contributed by atoms with van der Waals surface area (Å²) in [6, 6.07) is 8.40. The van der Waals surface area contributed by atoms with Crippen molar-refractivity contribution >= 4 is 23.2 Å². The fraction of sp³-hybridized carbons (Fsp3) is 0.588. The van der Waals surface area contributed by atoms with Crippen molar-refractivity contribution in [3.05, 3.63) is 29.3 Å². The molecule has 0 spiro atoms. The minimum absolute atomic E-state index is 0.187. The predicted octanol–water partition coefficient (Wildman–Crippen LogP) is 2.52. The minimum Gasteiger partial charge on any atom is -0.369 e. The van der Waals surface area contributed by atoms with E-state index in [-0.39, 0.29) is 5.91 Å². The highest BCUT2D eigenvalue weighted by molar-refractivity contribution is 6.30. The van der Waals surface area contributed by atoms with E-state index >= 15 is 0 Å². The highest BCUT2D eigenvalue weighted by Gasteiger charge is 2.21. The van der Waals surface area contributed by atoms with Crippen molar-refractivity contribution in [2.24, 2.45) is 0 Å². The first kappa shape index (κ1) is 15.6. The van der Waals surface area contributed by atoms with E-state index in [4.69, 9.17) is 11.6 Å². The average molecular weight is 322 g/mol. The van der Waals surface area contributed by atoms with Gasteiger partial charge in [0.1, 0.15) is 0 Å². The van der Waals surface area contributed by atoms with Crippen LogP contribution in [0.25, 0.3) is 0 Å². The summed E-state index contributed by atoms with van der Waals surface area (Å²) in [7, 11) is 0. The molecule has 22 heavy (non-hydrogen) atoms. The van der Waals surface area contributed by atoms with Crippen molar-refractivity contribution in [1.82, 2.24) is 10.2 Å². The Bertz CT molecular complexity index is 491. The zero-order chi connectivity index (χ0) is 15.4. The molecule has 1 N–H and O–H groups in total. The molecule has 0 aromatic heterocycles. The Morgan fingerprint density at radius 3 is 2.36 bits per heavy atom. The Balaban J connectivity index is 1.43. The van der Waals surface area contributed by atoms with Crippen molar-refractivity contribution in [3.63, 3.8) is 0 Å². The molecular formula is C17H24ClN3O. The number of hydrogen-bond donors (Lipinski definition) is 1. The number of anilines is 1. The number of amides is 1. The van der Waals surface area contributed by atoms with E-state index in [9.17, 15) is 4.79 Å². The van der Waals surface area contributed by atoms with Crippen LogP contribution in [-0.4, -0.2) is 49.6 Å². The highest BCUT2D eigenvalue weighted by atomic mass is 35.5. The molecule has 1 amide bonds. The van der Waals surface area contributed by atoms with E-state index in [1.165, 1.54) is 18.5 Å². The van der Waals surface area contributed by atoms with Gasteiger partial charge in [0.25, 0.3) is 0 Å². The molecule has 5 heteroatoms. The summed E-state index contributed by atoms with van der Waals surface area (Å²) in [5.41, 5.74) is 1.21. The molecule has 1 heterocycles. The molecule has 3 rings (SSSR count). The topological polar surface area (TPSA) is 35.6 Å². The molecule has 4 nitrogen and oxygen atoms in total. The van der Waals surface area contributed by atoms with Gasteiger partial charge in [-0.15, -0.1) is 0 Å². The Labute approximate surface area is 137 Å². The summed E-state index contributed by atoms with van der Waals surface area (Å²) in [6.07, 6.45) is 4.81. The molecule has 0 atom stereocenters. The van der Waals surface area contributed by atoms with Crippen molar-refractivity contribution in [3.8, 4) is 0 Å². The molecule has 0 unspecified atom stereocenters. The lowest BCUT2D eigenvalue weighted by Crippen LogP contribution is -2.50. The zero-order valence-corrected chi connectivity index (χ0v) is 13.7. The molecule has 2 fully saturated rings. The SMILES string of the molecule is O=C(CN1CCN(c2ccc(Cl)cc2)CC1)NC1CCCC1. The summed E-state index contributed by atoms with van der Waals surface area (Å²) in [6.45, 7) is 4.31. The normalized spacial score (nSPS) is 20.3. The van der Waals surface area contributed by atoms with Gasteiger partial charge in [-0.1, -0.05) is 24.4 Å². The van der Waals surface area contributed by atoms with Crippen LogP contribution in [0.4, 0.5) is 5.69 Å². The van der Waals surface area contributed by atoms with Crippen LogP contribution >= 0.6 is 11.6 Å². The van der Waals surface area contributed by atoms with Gasteiger partial charge in [0.05, 0.1) is 6.54 Å². The lowest BCUT2D eigenvalue weighted by molar-refractivity contribution is -0.123. The number of rotatable bonds is 4. The Hall–Kier alpha value is -1.26. The zero-order valence-electron chi connectivity index (χ0n) is 12.9. The number of piperazine rings is 1. The van der Waals surface area contributed by atoms with Crippen molar-refractivity contribution in [1.29, 1.82) is 0 Å². The largest absolute Gasteiger partial charge is 0.369 e. The van der Waals surface area contributed by atoms with Crippen LogP contribution in [0.5, 0.6) is 0 Å². The van der Waals surface area contributed by atoms with Gasteiger partial charge in [-0.25, -0.2) is 0 Å². The molecule has 1 saturated heterocycles. The molecule has 1 saturated carbocycles. The maximum Gasteiger partial charge on any atom is 0.234 e. The summed E-state index contributed by atoms with van der Waals surface area (Å²) in [5, 5.41) is 3.94. The first-order valence-electron chi connectivity index (χ1n) is 8.23. The predicted molar refractivity (Wildman–Crippen MR) is 90.5 cm³/mol. The second-order valence-electron chi connectivity index (χ2n) is 6.29.